The van der Waals surface area contributed by atoms with Crippen molar-refractivity contribution in [2.24, 2.45) is 0 Å². The Morgan fingerprint density at radius 3 is 1.41 bits per heavy atom. The Kier molecular flexibility index (Phi) is 11.0. The fourth-order valence-corrected chi connectivity index (χ4v) is 6.13. The van der Waals surface area contributed by atoms with Gasteiger partial charge in [-0.3, -0.25) is 0 Å². The molecule has 6 aromatic rings. The van der Waals surface area contributed by atoms with E-state index in [1.807, 2.05) is 37.3 Å². The molecule has 2 N–H and O–H groups in total. The summed E-state index contributed by atoms with van der Waals surface area (Å²) >= 11 is 6.35. The van der Waals surface area contributed by atoms with Gasteiger partial charge in [0.05, 0.1) is 5.02 Å². The zero-order chi connectivity index (χ0) is 37.6. The van der Waals surface area contributed by atoms with Crippen molar-refractivity contribution in [3.8, 4) is 45.3 Å². The van der Waals surface area contributed by atoms with Crippen LogP contribution in [0.2, 0.25) is 5.02 Å². The Morgan fingerprint density at radius 2 is 0.963 bits per heavy atom. The van der Waals surface area contributed by atoms with Crippen LogP contribution in [0.4, 0.5) is 29.2 Å². The summed E-state index contributed by atoms with van der Waals surface area (Å²) in [6, 6.07) is 22.3. The number of ether oxygens (including phenoxy) is 4. The number of fused-ring (bicyclic) bond motifs is 2. The van der Waals surface area contributed by atoms with Crippen LogP contribution in [0.3, 0.4) is 0 Å². The van der Waals surface area contributed by atoms with Crippen molar-refractivity contribution in [2.75, 3.05) is 37.1 Å². The number of rotatable bonds is 8. The number of hydrogen-bond acceptors (Lipinski definition) is 8. The van der Waals surface area contributed by atoms with Crippen molar-refractivity contribution in [3.05, 3.63) is 142 Å². The lowest BCUT2D eigenvalue weighted by Gasteiger charge is -2.20. The number of aryl methyl sites for hydroxylation is 1. The average Bonchev–Trinajstić information content (AvgIpc) is 3.18. The van der Waals surface area contributed by atoms with Crippen LogP contribution in [0.5, 0.6) is 23.0 Å². The maximum atomic E-state index is 13.7. The molecule has 0 atom stereocenters. The predicted octanol–water partition coefficient (Wildman–Crippen LogP) is 9.78. The highest BCUT2D eigenvalue weighted by Gasteiger charge is 2.18. The van der Waals surface area contributed by atoms with Gasteiger partial charge in [0.15, 0.2) is 23.0 Å². The van der Waals surface area contributed by atoms with Crippen molar-refractivity contribution in [1.29, 1.82) is 0 Å². The molecule has 0 saturated carbocycles. The summed E-state index contributed by atoms with van der Waals surface area (Å²) in [5, 5.41) is 6.39. The molecule has 8 nitrogen and oxygen atoms in total. The lowest BCUT2D eigenvalue weighted by Crippen LogP contribution is -2.15. The fraction of sp³-hybridized carbons (Fsp3) is 0.171. The summed E-state index contributed by atoms with van der Waals surface area (Å²) in [4.78, 5) is 8.65. The highest BCUT2D eigenvalue weighted by molar-refractivity contribution is 6.33. The first-order valence-electron chi connectivity index (χ1n) is 17.0. The highest BCUT2D eigenvalue weighted by atomic mass is 35.5. The van der Waals surface area contributed by atoms with E-state index in [4.69, 9.17) is 30.5 Å². The maximum absolute atomic E-state index is 13.7. The molecular formula is C41H33ClF4N4O4. The summed E-state index contributed by atoms with van der Waals surface area (Å²) in [6.07, 6.45) is 3.36. The van der Waals surface area contributed by atoms with Crippen LogP contribution < -0.4 is 29.6 Å². The maximum Gasteiger partial charge on any atom is 0.162 e. The number of anilines is 2. The average molecular weight is 757 g/mol. The van der Waals surface area contributed by atoms with Crippen LogP contribution in [0.15, 0.2) is 97.3 Å². The van der Waals surface area contributed by atoms with Gasteiger partial charge in [0.25, 0.3) is 0 Å². The lowest BCUT2D eigenvalue weighted by atomic mass is 10.0. The Bertz CT molecular complexity index is 2080. The van der Waals surface area contributed by atoms with Crippen molar-refractivity contribution in [2.45, 2.75) is 20.0 Å². The Hall–Kier alpha value is -6.01. The van der Waals surface area contributed by atoms with E-state index in [-0.39, 0.29) is 24.2 Å². The standard InChI is InChI=1S/C21H18F2N2O2.C20H15ClF2N2O2/c1-13-9-19-20(27-8-7-26-19)10-15(13)14-5-6-21(24-11-14)25-12-16-17(22)3-2-4-18(16)23;21-15-9-19-18(26-6-7-27-19)8-13(15)12-4-5-20(24-10-12)25-11-14-16(22)2-1-3-17(14)23/h2-6,9-11H,7-8,12H2,1H3,(H,24,25);1-5,8-10H,6-7,11H2,(H,24,25). The van der Waals surface area contributed by atoms with Gasteiger partial charge >= 0.3 is 0 Å². The molecule has 0 aliphatic carbocycles. The second-order valence-electron chi connectivity index (χ2n) is 12.3. The van der Waals surface area contributed by atoms with Gasteiger partial charge in [0.2, 0.25) is 0 Å². The molecule has 276 valence electrons. The molecule has 0 amide bonds. The number of pyridine rings is 2. The van der Waals surface area contributed by atoms with Gasteiger partial charge in [-0.2, -0.15) is 0 Å². The fourth-order valence-electron chi connectivity index (χ4n) is 5.86. The van der Waals surface area contributed by atoms with Gasteiger partial charge in [-0.05, 0) is 84.8 Å². The van der Waals surface area contributed by atoms with Crippen molar-refractivity contribution in [3.63, 3.8) is 0 Å². The zero-order valence-electron chi connectivity index (χ0n) is 28.9. The number of halogens is 5. The van der Waals surface area contributed by atoms with Gasteiger partial charge < -0.3 is 29.6 Å². The topological polar surface area (TPSA) is 86.8 Å². The molecule has 0 unspecified atom stereocenters. The summed E-state index contributed by atoms with van der Waals surface area (Å²) in [6.45, 7) is 4.08. The molecule has 4 heterocycles. The second-order valence-corrected chi connectivity index (χ2v) is 12.7. The second kappa shape index (κ2) is 16.3. The Labute approximate surface area is 313 Å². The molecule has 0 fully saturated rings. The third-order valence-electron chi connectivity index (χ3n) is 8.69. The van der Waals surface area contributed by atoms with Gasteiger partial charge in [-0.25, -0.2) is 27.5 Å². The van der Waals surface area contributed by atoms with Crippen molar-refractivity contribution >= 4 is 23.2 Å². The molecule has 8 rings (SSSR count). The Morgan fingerprint density at radius 1 is 0.556 bits per heavy atom. The third-order valence-corrected chi connectivity index (χ3v) is 9.00. The molecule has 2 aliphatic heterocycles. The van der Waals surface area contributed by atoms with Crippen LogP contribution in [0.25, 0.3) is 22.3 Å². The molecule has 13 heteroatoms. The van der Waals surface area contributed by atoms with Crippen LogP contribution in [-0.2, 0) is 13.1 Å². The van der Waals surface area contributed by atoms with Gasteiger partial charge in [0, 0.05) is 59.4 Å². The van der Waals surface area contributed by atoms with E-state index in [2.05, 4.69) is 20.6 Å². The molecule has 0 bridgehead atoms. The smallest absolute Gasteiger partial charge is 0.162 e. The molecule has 54 heavy (non-hydrogen) atoms. The van der Waals surface area contributed by atoms with Gasteiger partial charge in [-0.1, -0.05) is 23.7 Å². The van der Waals surface area contributed by atoms with Gasteiger partial charge in [0.1, 0.15) is 61.3 Å². The highest BCUT2D eigenvalue weighted by Crippen LogP contribution is 2.40. The molecule has 2 aliphatic rings. The minimum atomic E-state index is -0.595. The lowest BCUT2D eigenvalue weighted by molar-refractivity contribution is 0.171. The largest absolute Gasteiger partial charge is 0.486 e. The van der Waals surface area contributed by atoms with E-state index >= 15 is 0 Å². The minimum Gasteiger partial charge on any atom is -0.486 e. The van der Waals surface area contributed by atoms with Crippen LogP contribution in [0, 0.1) is 30.2 Å². The number of benzene rings is 4. The zero-order valence-corrected chi connectivity index (χ0v) is 29.7. The van der Waals surface area contributed by atoms with E-state index in [9.17, 15) is 17.6 Å². The minimum absolute atomic E-state index is 0.00433. The van der Waals surface area contributed by atoms with E-state index in [1.165, 1.54) is 36.4 Å². The first-order valence-corrected chi connectivity index (χ1v) is 17.4. The van der Waals surface area contributed by atoms with E-state index < -0.39 is 23.3 Å². The summed E-state index contributed by atoms with van der Waals surface area (Å²) in [5.74, 6) is 1.42. The van der Waals surface area contributed by atoms with Crippen LogP contribution in [-0.4, -0.2) is 36.4 Å². The monoisotopic (exact) mass is 756 g/mol. The SMILES string of the molecule is Cc1cc2c(cc1-c1ccc(NCc3c(F)cccc3F)nc1)OCCO2.Fc1cccc(F)c1CNc1ccc(-c2cc3c(cc2Cl)OCCO3)cn1. The normalized spacial score (nSPS) is 12.7. The molecular weight excluding hydrogens is 724 g/mol. The Balaban J connectivity index is 0.000000167. The third kappa shape index (κ3) is 8.29. The van der Waals surface area contributed by atoms with Crippen LogP contribution in [0.1, 0.15) is 16.7 Å². The van der Waals surface area contributed by atoms with Crippen molar-refractivity contribution < 1.29 is 36.5 Å². The number of nitrogens with one attached hydrogen (secondary N) is 2. The summed E-state index contributed by atoms with van der Waals surface area (Å²) in [7, 11) is 0. The predicted molar refractivity (Wildman–Crippen MR) is 198 cm³/mol. The molecule has 4 aromatic carbocycles. The quantitative estimate of drug-likeness (QED) is 0.149. The van der Waals surface area contributed by atoms with E-state index in [1.54, 1.807) is 30.6 Å². The molecule has 0 spiro atoms. The first-order chi connectivity index (χ1) is 26.2. The number of aromatic nitrogens is 2. The number of hydrogen-bond donors (Lipinski definition) is 2. The molecule has 2 aromatic heterocycles. The van der Waals surface area contributed by atoms with E-state index in [0.29, 0.717) is 54.6 Å². The molecule has 0 saturated heterocycles. The summed E-state index contributed by atoms with van der Waals surface area (Å²) < 4.78 is 77.1. The summed E-state index contributed by atoms with van der Waals surface area (Å²) in [5.41, 5.74) is 4.49. The van der Waals surface area contributed by atoms with Crippen molar-refractivity contribution in [1.82, 2.24) is 9.97 Å². The first kappa shape index (κ1) is 36.4. The van der Waals surface area contributed by atoms with Crippen LogP contribution >= 0.6 is 11.6 Å². The number of nitrogens with zero attached hydrogens (tertiary/aromatic N) is 2. The molecule has 0 radical (unpaired) electrons. The van der Waals surface area contributed by atoms with Gasteiger partial charge in [-0.15, -0.1) is 0 Å². The van der Waals surface area contributed by atoms with E-state index in [0.717, 1.165) is 39.3 Å².